The van der Waals surface area contributed by atoms with Crippen LogP contribution in [0.3, 0.4) is 0 Å². The van der Waals surface area contributed by atoms with Crippen molar-refractivity contribution in [2.75, 3.05) is 12.4 Å². The van der Waals surface area contributed by atoms with Crippen LogP contribution in [-0.2, 0) is 6.42 Å². The molecule has 2 nitrogen and oxygen atoms in total. The Kier molecular flexibility index (Phi) is 5.45. The molecule has 112 valence electrons. The lowest BCUT2D eigenvalue weighted by molar-refractivity contribution is 0.414. The third-order valence-electron chi connectivity index (χ3n) is 3.36. The quantitative estimate of drug-likeness (QED) is 0.817. The van der Waals surface area contributed by atoms with E-state index in [-0.39, 0.29) is 11.1 Å². The number of hydrogen-bond acceptors (Lipinski definition) is 2. The zero-order valence-corrected chi connectivity index (χ0v) is 13.0. The molecule has 2 aromatic carbocycles. The summed E-state index contributed by atoms with van der Waals surface area (Å²) in [7, 11) is 1.66. The molecule has 0 spiro atoms. The first-order chi connectivity index (χ1) is 10.1. The molecule has 0 amide bonds. The van der Waals surface area contributed by atoms with E-state index in [0.29, 0.717) is 0 Å². The number of halogens is 2. The second kappa shape index (κ2) is 7.32. The Bertz CT molecular complexity index is 586. The van der Waals surface area contributed by atoms with E-state index in [2.05, 4.69) is 24.4 Å². The van der Waals surface area contributed by atoms with Gasteiger partial charge in [-0.25, -0.2) is 4.39 Å². The summed E-state index contributed by atoms with van der Waals surface area (Å²) in [4.78, 5) is 0. The molecule has 0 heterocycles. The number of nitrogens with one attached hydrogen (secondary N) is 1. The van der Waals surface area contributed by atoms with E-state index < -0.39 is 5.82 Å². The minimum absolute atomic E-state index is 0.141. The summed E-state index contributed by atoms with van der Waals surface area (Å²) in [5, 5.41) is 3.47. The average Bonchev–Trinajstić information content (AvgIpc) is 2.49. The Morgan fingerprint density at radius 2 is 1.90 bits per heavy atom. The maximum atomic E-state index is 13.1. The number of hydrogen-bond donors (Lipinski definition) is 1. The summed E-state index contributed by atoms with van der Waals surface area (Å²) in [5.41, 5.74) is 2.10. The van der Waals surface area contributed by atoms with Crippen LogP contribution >= 0.6 is 11.6 Å². The zero-order valence-electron chi connectivity index (χ0n) is 12.2. The number of benzene rings is 2. The highest BCUT2D eigenvalue weighted by atomic mass is 35.5. The molecule has 0 aliphatic carbocycles. The molecular formula is C17H19ClFNO. The minimum Gasteiger partial charge on any atom is -0.497 e. The van der Waals surface area contributed by atoms with Crippen molar-refractivity contribution in [1.82, 2.24) is 0 Å². The molecule has 0 aliphatic heterocycles. The van der Waals surface area contributed by atoms with Crippen LogP contribution in [0.5, 0.6) is 5.75 Å². The summed E-state index contributed by atoms with van der Waals surface area (Å²) in [6, 6.07) is 13.0. The van der Waals surface area contributed by atoms with Crippen molar-refractivity contribution in [3.05, 3.63) is 58.9 Å². The molecule has 1 unspecified atom stereocenters. The van der Waals surface area contributed by atoms with Crippen LogP contribution in [0.1, 0.15) is 18.9 Å². The van der Waals surface area contributed by atoms with Gasteiger partial charge in [-0.3, -0.25) is 0 Å². The van der Waals surface area contributed by atoms with E-state index in [4.69, 9.17) is 16.3 Å². The highest BCUT2D eigenvalue weighted by Crippen LogP contribution is 2.21. The van der Waals surface area contributed by atoms with E-state index in [1.165, 1.54) is 11.6 Å². The molecule has 21 heavy (non-hydrogen) atoms. The van der Waals surface area contributed by atoms with Crippen molar-refractivity contribution in [1.29, 1.82) is 0 Å². The summed E-state index contributed by atoms with van der Waals surface area (Å²) < 4.78 is 18.2. The third-order valence-corrected chi connectivity index (χ3v) is 3.65. The highest BCUT2D eigenvalue weighted by molar-refractivity contribution is 6.31. The van der Waals surface area contributed by atoms with E-state index in [0.717, 1.165) is 24.3 Å². The molecule has 2 rings (SSSR count). The molecule has 1 N–H and O–H groups in total. The van der Waals surface area contributed by atoms with E-state index in [9.17, 15) is 4.39 Å². The van der Waals surface area contributed by atoms with Crippen molar-refractivity contribution < 1.29 is 9.13 Å². The largest absolute Gasteiger partial charge is 0.497 e. The zero-order chi connectivity index (χ0) is 15.2. The first-order valence-electron chi connectivity index (χ1n) is 6.93. The molecule has 0 saturated carbocycles. The molecular weight excluding hydrogens is 289 g/mol. The monoisotopic (exact) mass is 307 g/mol. The van der Waals surface area contributed by atoms with Gasteiger partial charge >= 0.3 is 0 Å². The van der Waals surface area contributed by atoms with Crippen LogP contribution in [0.2, 0.25) is 5.02 Å². The van der Waals surface area contributed by atoms with Gasteiger partial charge in [-0.1, -0.05) is 23.7 Å². The van der Waals surface area contributed by atoms with Crippen LogP contribution < -0.4 is 10.1 Å². The predicted molar refractivity (Wildman–Crippen MR) is 85.8 cm³/mol. The SMILES string of the molecule is COc1ccc(CCC(C)Nc2ccc(F)c(Cl)c2)cc1. The fourth-order valence-corrected chi connectivity index (χ4v) is 2.30. The number of rotatable bonds is 6. The number of aryl methyl sites for hydroxylation is 1. The van der Waals surface area contributed by atoms with Crippen molar-refractivity contribution >= 4 is 17.3 Å². The van der Waals surface area contributed by atoms with Gasteiger partial charge in [-0.05, 0) is 55.7 Å². The fraction of sp³-hybridized carbons (Fsp3) is 0.294. The van der Waals surface area contributed by atoms with Crippen molar-refractivity contribution in [3.63, 3.8) is 0 Å². The van der Waals surface area contributed by atoms with Crippen molar-refractivity contribution in [2.45, 2.75) is 25.8 Å². The maximum Gasteiger partial charge on any atom is 0.141 e. The smallest absolute Gasteiger partial charge is 0.141 e. The number of anilines is 1. The lowest BCUT2D eigenvalue weighted by Gasteiger charge is -2.15. The van der Waals surface area contributed by atoms with E-state index in [1.807, 2.05) is 12.1 Å². The summed E-state index contributed by atoms with van der Waals surface area (Å²) >= 11 is 5.77. The van der Waals surface area contributed by atoms with Gasteiger partial charge in [0.05, 0.1) is 12.1 Å². The van der Waals surface area contributed by atoms with Crippen molar-refractivity contribution in [3.8, 4) is 5.75 Å². The number of methoxy groups -OCH3 is 1. The van der Waals surface area contributed by atoms with E-state index >= 15 is 0 Å². The standard InChI is InChI=1S/C17H19ClFNO/c1-12(20-14-7-10-17(19)16(18)11-14)3-4-13-5-8-15(21-2)9-6-13/h5-12,20H,3-4H2,1-2H3. The van der Waals surface area contributed by atoms with Crippen LogP contribution in [0.4, 0.5) is 10.1 Å². The van der Waals surface area contributed by atoms with Crippen molar-refractivity contribution in [2.24, 2.45) is 0 Å². The molecule has 2 aromatic rings. The normalized spacial score (nSPS) is 12.0. The first-order valence-corrected chi connectivity index (χ1v) is 7.31. The minimum atomic E-state index is -0.395. The van der Waals surface area contributed by atoms with Gasteiger partial charge in [0.25, 0.3) is 0 Å². The van der Waals surface area contributed by atoms with Gasteiger partial charge in [-0.2, -0.15) is 0 Å². The van der Waals surface area contributed by atoms with Crippen LogP contribution in [0, 0.1) is 5.82 Å². The molecule has 0 aromatic heterocycles. The molecule has 0 radical (unpaired) electrons. The average molecular weight is 308 g/mol. The molecule has 0 bridgehead atoms. The van der Waals surface area contributed by atoms with Gasteiger partial charge in [0.2, 0.25) is 0 Å². The molecule has 1 atom stereocenters. The molecule has 4 heteroatoms. The second-order valence-electron chi connectivity index (χ2n) is 5.06. The maximum absolute atomic E-state index is 13.1. The highest BCUT2D eigenvalue weighted by Gasteiger charge is 2.05. The molecule has 0 saturated heterocycles. The Hall–Kier alpha value is -1.74. The van der Waals surface area contributed by atoms with Crippen LogP contribution in [0.15, 0.2) is 42.5 Å². The summed E-state index contributed by atoms with van der Waals surface area (Å²) in [5.74, 6) is 0.471. The Balaban J connectivity index is 1.86. The molecule has 0 fully saturated rings. The lowest BCUT2D eigenvalue weighted by Crippen LogP contribution is -2.16. The van der Waals surface area contributed by atoms with Gasteiger partial charge in [0, 0.05) is 11.7 Å². The van der Waals surface area contributed by atoms with E-state index in [1.54, 1.807) is 19.2 Å². The van der Waals surface area contributed by atoms with Crippen LogP contribution in [-0.4, -0.2) is 13.2 Å². The Morgan fingerprint density at radius 3 is 2.52 bits per heavy atom. The van der Waals surface area contributed by atoms with Gasteiger partial charge < -0.3 is 10.1 Å². The van der Waals surface area contributed by atoms with Crippen LogP contribution in [0.25, 0.3) is 0 Å². The summed E-state index contributed by atoms with van der Waals surface area (Å²) in [6.07, 6.45) is 1.94. The van der Waals surface area contributed by atoms with Gasteiger partial charge in [-0.15, -0.1) is 0 Å². The van der Waals surface area contributed by atoms with Gasteiger partial charge in [0.1, 0.15) is 11.6 Å². The molecule has 0 aliphatic rings. The Morgan fingerprint density at radius 1 is 1.19 bits per heavy atom. The predicted octanol–water partition coefficient (Wildman–Crippen LogP) is 4.92. The topological polar surface area (TPSA) is 21.3 Å². The first kappa shape index (κ1) is 15.6. The number of ether oxygens (including phenoxy) is 1. The summed E-state index contributed by atoms with van der Waals surface area (Å²) in [6.45, 7) is 2.10. The third kappa shape index (κ3) is 4.64. The second-order valence-corrected chi connectivity index (χ2v) is 5.47. The Labute approximate surface area is 129 Å². The fourth-order valence-electron chi connectivity index (χ4n) is 2.12. The van der Waals surface area contributed by atoms with Gasteiger partial charge in [0.15, 0.2) is 0 Å². The lowest BCUT2D eigenvalue weighted by atomic mass is 10.1.